The van der Waals surface area contributed by atoms with Crippen LogP contribution in [0, 0.1) is 0 Å². The van der Waals surface area contributed by atoms with E-state index in [9.17, 15) is 4.79 Å². The summed E-state index contributed by atoms with van der Waals surface area (Å²) in [4.78, 5) is 15.5. The first-order valence-electron chi connectivity index (χ1n) is 5.78. The SMILES string of the molecule is COC(=O)CC(C)Oc1cccc2cccnc12. The first-order chi connectivity index (χ1) is 8.70. The first kappa shape index (κ1) is 12.4. The maximum atomic E-state index is 11.2. The third-order valence-corrected chi connectivity index (χ3v) is 2.61. The summed E-state index contributed by atoms with van der Waals surface area (Å²) in [6.45, 7) is 1.83. The van der Waals surface area contributed by atoms with Crippen molar-refractivity contribution in [3.8, 4) is 5.75 Å². The zero-order chi connectivity index (χ0) is 13.0. The third kappa shape index (κ3) is 2.77. The number of benzene rings is 1. The Morgan fingerprint density at radius 1 is 1.33 bits per heavy atom. The van der Waals surface area contributed by atoms with Gasteiger partial charge in [-0.2, -0.15) is 0 Å². The molecule has 2 aromatic rings. The van der Waals surface area contributed by atoms with Crippen LogP contribution in [0.2, 0.25) is 0 Å². The monoisotopic (exact) mass is 245 g/mol. The largest absolute Gasteiger partial charge is 0.488 e. The Balaban J connectivity index is 2.19. The molecule has 0 aliphatic carbocycles. The van der Waals surface area contributed by atoms with Crippen LogP contribution in [0.25, 0.3) is 10.9 Å². The Labute approximate surface area is 106 Å². The van der Waals surface area contributed by atoms with Crippen molar-refractivity contribution < 1.29 is 14.3 Å². The van der Waals surface area contributed by atoms with Crippen LogP contribution in [-0.2, 0) is 9.53 Å². The van der Waals surface area contributed by atoms with Crippen molar-refractivity contribution in [2.45, 2.75) is 19.4 Å². The van der Waals surface area contributed by atoms with E-state index in [1.807, 2.05) is 37.3 Å². The number of aromatic nitrogens is 1. The highest BCUT2D eigenvalue weighted by atomic mass is 16.5. The number of carbonyl (C=O) groups excluding carboxylic acids is 1. The van der Waals surface area contributed by atoms with Crippen molar-refractivity contribution in [2.75, 3.05) is 7.11 Å². The van der Waals surface area contributed by atoms with Gasteiger partial charge in [0.15, 0.2) is 0 Å². The zero-order valence-corrected chi connectivity index (χ0v) is 10.4. The second-order valence-electron chi connectivity index (χ2n) is 4.04. The smallest absolute Gasteiger partial charge is 0.309 e. The Morgan fingerprint density at radius 3 is 2.89 bits per heavy atom. The van der Waals surface area contributed by atoms with E-state index >= 15 is 0 Å². The highest BCUT2D eigenvalue weighted by molar-refractivity contribution is 5.84. The molecule has 1 heterocycles. The van der Waals surface area contributed by atoms with Crippen molar-refractivity contribution in [3.05, 3.63) is 36.5 Å². The molecule has 0 aliphatic rings. The molecule has 0 fully saturated rings. The Morgan fingerprint density at radius 2 is 2.11 bits per heavy atom. The lowest BCUT2D eigenvalue weighted by Crippen LogP contribution is -2.18. The summed E-state index contributed by atoms with van der Waals surface area (Å²) in [6.07, 6.45) is 1.70. The number of carbonyl (C=O) groups is 1. The molecule has 4 nitrogen and oxygen atoms in total. The predicted octanol–water partition coefficient (Wildman–Crippen LogP) is 2.57. The van der Waals surface area contributed by atoms with Crippen LogP contribution >= 0.6 is 0 Å². The van der Waals surface area contributed by atoms with E-state index < -0.39 is 0 Å². The van der Waals surface area contributed by atoms with Gasteiger partial charge in [0.1, 0.15) is 17.4 Å². The van der Waals surface area contributed by atoms with Gasteiger partial charge >= 0.3 is 5.97 Å². The second-order valence-corrected chi connectivity index (χ2v) is 4.04. The van der Waals surface area contributed by atoms with E-state index in [0.29, 0.717) is 5.75 Å². The molecule has 1 aromatic heterocycles. The topological polar surface area (TPSA) is 48.4 Å². The molecule has 18 heavy (non-hydrogen) atoms. The third-order valence-electron chi connectivity index (χ3n) is 2.61. The first-order valence-corrected chi connectivity index (χ1v) is 5.78. The fourth-order valence-corrected chi connectivity index (χ4v) is 1.75. The van der Waals surface area contributed by atoms with E-state index in [1.54, 1.807) is 6.20 Å². The second kappa shape index (κ2) is 5.49. The molecular formula is C14H15NO3. The highest BCUT2D eigenvalue weighted by Crippen LogP contribution is 2.24. The minimum absolute atomic E-state index is 0.222. The van der Waals surface area contributed by atoms with Crippen molar-refractivity contribution in [2.24, 2.45) is 0 Å². The van der Waals surface area contributed by atoms with Gasteiger partial charge in [-0.1, -0.05) is 18.2 Å². The number of esters is 1. The van der Waals surface area contributed by atoms with Gasteiger partial charge in [-0.25, -0.2) is 0 Å². The Bertz CT molecular complexity index is 548. The van der Waals surface area contributed by atoms with Gasteiger partial charge in [0.25, 0.3) is 0 Å². The van der Waals surface area contributed by atoms with Crippen LogP contribution in [0.5, 0.6) is 5.75 Å². The molecule has 0 radical (unpaired) electrons. The molecule has 1 atom stereocenters. The Kier molecular flexibility index (Phi) is 3.77. The normalized spacial score (nSPS) is 12.1. The number of rotatable bonds is 4. The maximum Gasteiger partial charge on any atom is 0.309 e. The van der Waals surface area contributed by atoms with Gasteiger partial charge in [-0.3, -0.25) is 9.78 Å². The number of methoxy groups -OCH3 is 1. The molecule has 0 bridgehead atoms. The molecule has 0 saturated heterocycles. The van der Waals surface area contributed by atoms with Crippen LogP contribution in [0.3, 0.4) is 0 Å². The van der Waals surface area contributed by atoms with E-state index in [1.165, 1.54) is 7.11 Å². The molecule has 1 unspecified atom stereocenters. The quantitative estimate of drug-likeness (QED) is 0.777. The standard InChI is InChI=1S/C14H15NO3/c1-10(9-13(16)17-2)18-12-7-3-5-11-6-4-8-15-14(11)12/h3-8,10H,9H2,1-2H3. The van der Waals surface area contributed by atoms with Crippen molar-refractivity contribution in [3.63, 3.8) is 0 Å². The van der Waals surface area contributed by atoms with Gasteiger partial charge in [0, 0.05) is 11.6 Å². The van der Waals surface area contributed by atoms with E-state index in [2.05, 4.69) is 9.72 Å². The van der Waals surface area contributed by atoms with Crippen molar-refractivity contribution in [1.29, 1.82) is 0 Å². The summed E-state index contributed by atoms with van der Waals surface area (Å²) < 4.78 is 10.3. The van der Waals surface area contributed by atoms with Gasteiger partial charge in [-0.15, -0.1) is 0 Å². The van der Waals surface area contributed by atoms with Crippen LogP contribution in [0.1, 0.15) is 13.3 Å². The molecule has 2 rings (SSSR count). The summed E-state index contributed by atoms with van der Waals surface area (Å²) in [7, 11) is 1.37. The number of hydrogen-bond acceptors (Lipinski definition) is 4. The highest BCUT2D eigenvalue weighted by Gasteiger charge is 2.12. The van der Waals surface area contributed by atoms with Crippen LogP contribution < -0.4 is 4.74 Å². The molecule has 0 spiro atoms. The summed E-state index contributed by atoms with van der Waals surface area (Å²) in [6, 6.07) is 9.58. The minimum Gasteiger partial charge on any atom is -0.488 e. The molecule has 0 saturated carbocycles. The number of nitrogens with zero attached hydrogens (tertiary/aromatic N) is 1. The molecule has 0 N–H and O–H groups in total. The van der Waals surface area contributed by atoms with Crippen LogP contribution in [0.15, 0.2) is 36.5 Å². The zero-order valence-electron chi connectivity index (χ0n) is 10.4. The molecule has 1 aromatic carbocycles. The summed E-state index contributed by atoms with van der Waals surface area (Å²) in [5.41, 5.74) is 0.803. The van der Waals surface area contributed by atoms with Gasteiger partial charge in [0.05, 0.1) is 13.5 Å². The van der Waals surface area contributed by atoms with Crippen molar-refractivity contribution in [1.82, 2.24) is 4.98 Å². The number of hydrogen-bond donors (Lipinski definition) is 0. The minimum atomic E-state index is -0.282. The van der Waals surface area contributed by atoms with E-state index in [4.69, 9.17) is 4.74 Å². The van der Waals surface area contributed by atoms with Crippen LogP contribution in [0.4, 0.5) is 0 Å². The number of ether oxygens (including phenoxy) is 2. The van der Waals surface area contributed by atoms with Gasteiger partial charge < -0.3 is 9.47 Å². The lowest BCUT2D eigenvalue weighted by molar-refractivity contribution is -0.142. The van der Waals surface area contributed by atoms with E-state index in [-0.39, 0.29) is 18.5 Å². The van der Waals surface area contributed by atoms with E-state index in [0.717, 1.165) is 10.9 Å². The number of para-hydroxylation sites is 1. The fraction of sp³-hybridized carbons (Fsp3) is 0.286. The van der Waals surface area contributed by atoms with Crippen molar-refractivity contribution >= 4 is 16.9 Å². The molecular weight excluding hydrogens is 230 g/mol. The molecule has 0 amide bonds. The summed E-state index contributed by atoms with van der Waals surface area (Å²) in [5, 5.41) is 1.01. The number of pyridine rings is 1. The average molecular weight is 245 g/mol. The number of fused-ring (bicyclic) bond motifs is 1. The van der Waals surface area contributed by atoms with Gasteiger partial charge in [0.2, 0.25) is 0 Å². The lowest BCUT2D eigenvalue weighted by Gasteiger charge is -2.14. The van der Waals surface area contributed by atoms with Gasteiger partial charge in [-0.05, 0) is 19.1 Å². The summed E-state index contributed by atoms with van der Waals surface area (Å²) in [5.74, 6) is 0.403. The fourth-order valence-electron chi connectivity index (χ4n) is 1.75. The predicted molar refractivity (Wildman–Crippen MR) is 68.5 cm³/mol. The van der Waals surface area contributed by atoms with Crippen LogP contribution in [-0.4, -0.2) is 24.2 Å². The lowest BCUT2D eigenvalue weighted by atomic mass is 10.2. The summed E-state index contributed by atoms with van der Waals surface area (Å²) >= 11 is 0. The molecule has 94 valence electrons. The Hall–Kier alpha value is -2.10. The molecule has 4 heteroatoms. The molecule has 0 aliphatic heterocycles. The average Bonchev–Trinajstić information content (AvgIpc) is 2.39. The maximum absolute atomic E-state index is 11.2.